The number of nitro benzene ring substituents is 1. The van der Waals surface area contributed by atoms with Crippen molar-refractivity contribution < 1.29 is 14.5 Å². The summed E-state index contributed by atoms with van der Waals surface area (Å²) < 4.78 is 5.80. The van der Waals surface area contributed by atoms with Crippen LogP contribution in [-0.4, -0.2) is 30.2 Å². The van der Waals surface area contributed by atoms with Gasteiger partial charge in [0.15, 0.2) is 0 Å². The second kappa shape index (κ2) is 9.22. The minimum atomic E-state index is -0.439. The van der Waals surface area contributed by atoms with E-state index in [4.69, 9.17) is 4.74 Å². The largest absolute Gasteiger partial charge is 0.378 e. The third kappa shape index (κ3) is 5.81. The number of ether oxygens (including phenoxy) is 1. The van der Waals surface area contributed by atoms with Gasteiger partial charge in [-0.15, -0.1) is 0 Å². The van der Waals surface area contributed by atoms with Crippen LogP contribution < -0.4 is 10.6 Å². The van der Waals surface area contributed by atoms with Crippen LogP contribution in [0.15, 0.2) is 18.2 Å². The van der Waals surface area contributed by atoms with Gasteiger partial charge < -0.3 is 15.4 Å². The summed E-state index contributed by atoms with van der Waals surface area (Å²) in [5, 5.41) is 16.2. The molecule has 0 unspecified atom stereocenters. The number of carbonyl (C=O) groups is 1. The molecule has 24 heavy (non-hydrogen) atoms. The van der Waals surface area contributed by atoms with Gasteiger partial charge >= 0.3 is 6.03 Å². The van der Waals surface area contributed by atoms with Crippen LogP contribution in [0, 0.1) is 17.0 Å². The zero-order chi connectivity index (χ0) is 17.4. The molecule has 0 saturated heterocycles. The Morgan fingerprint density at radius 3 is 2.75 bits per heavy atom. The van der Waals surface area contributed by atoms with Gasteiger partial charge in [-0.05, 0) is 38.3 Å². The van der Waals surface area contributed by atoms with Crippen LogP contribution in [0.1, 0.15) is 44.1 Å². The van der Waals surface area contributed by atoms with Gasteiger partial charge in [0.25, 0.3) is 5.69 Å². The number of benzene rings is 1. The maximum absolute atomic E-state index is 11.8. The van der Waals surface area contributed by atoms with Crippen molar-refractivity contribution >= 4 is 17.4 Å². The number of anilines is 1. The molecule has 132 valence electrons. The van der Waals surface area contributed by atoms with Crippen LogP contribution >= 0.6 is 0 Å². The minimum Gasteiger partial charge on any atom is -0.378 e. The summed E-state index contributed by atoms with van der Waals surface area (Å²) in [4.78, 5) is 22.1. The van der Waals surface area contributed by atoms with Gasteiger partial charge in [0, 0.05) is 30.5 Å². The molecule has 0 radical (unpaired) electrons. The fourth-order valence-corrected chi connectivity index (χ4v) is 2.87. The molecule has 0 heterocycles. The molecule has 0 bridgehead atoms. The van der Waals surface area contributed by atoms with E-state index in [0.29, 0.717) is 30.5 Å². The summed E-state index contributed by atoms with van der Waals surface area (Å²) in [6.07, 6.45) is 7.25. The number of amides is 2. The van der Waals surface area contributed by atoms with Gasteiger partial charge in [-0.2, -0.15) is 0 Å². The molecule has 7 nitrogen and oxygen atoms in total. The number of rotatable bonds is 7. The van der Waals surface area contributed by atoms with E-state index < -0.39 is 4.92 Å². The second-order valence-corrected chi connectivity index (χ2v) is 6.12. The standard InChI is InChI=1S/C17H25N3O4/c1-13-12-14(8-9-16(13)20(22)23)19-17(21)18-10-5-11-24-15-6-3-2-4-7-15/h8-9,12,15H,2-7,10-11H2,1H3,(H2,18,19,21). The third-order valence-electron chi connectivity index (χ3n) is 4.16. The van der Waals surface area contributed by atoms with Gasteiger partial charge in [0.05, 0.1) is 11.0 Å². The normalized spacial score (nSPS) is 15.0. The minimum absolute atomic E-state index is 0.0424. The van der Waals surface area contributed by atoms with Crippen LogP contribution in [0.2, 0.25) is 0 Å². The van der Waals surface area contributed by atoms with E-state index in [0.717, 1.165) is 19.3 Å². The monoisotopic (exact) mass is 335 g/mol. The maximum atomic E-state index is 11.8. The Labute approximate surface area is 141 Å². The van der Waals surface area contributed by atoms with Gasteiger partial charge in [0.1, 0.15) is 0 Å². The zero-order valence-electron chi connectivity index (χ0n) is 14.0. The summed E-state index contributed by atoms with van der Waals surface area (Å²) in [6, 6.07) is 4.19. The van der Waals surface area contributed by atoms with Crippen molar-refractivity contribution in [1.82, 2.24) is 5.32 Å². The van der Waals surface area contributed by atoms with Crippen molar-refractivity contribution in [2.24, 2.45) is 0 Å². The topological polar surface area (TPSA) is 93.5 Å². The van der Waals surface area contributed by atoms with Crippen molar-refractivity contribution in [3.05, 3.63) is 33.9 Å². The summed E-state index contributed by atoms with van der Waals surface area (Å²) >= 11 is 0. The molecule has 0 aliphatic heterocycles. The lowest BCUT2D eigenvalue weighted by atomic mass is 9.98. The van der Waals surface area contributed by atoms with Crippen molar-refractivity contribution in [3.63, 3.8) is 0 Å². The number of carbonyl (C=O) groups excluding carboxylic acids is 1. The average molecular weight is 335 g/mol. The molecule has 2 amide bonds. The molecular formula is C17H25N3O4. The van der Waals surface area contributed by atoms with Crippen LogP contribution in [-0.2, 0) is 4.74 Å². The Hall–Kier alpha value is -2.15. The Kier molecular flexibility index (Phi) is 6.99. The SMILES string of the molecule is Cc1cc(NC(=O)NCCCOC2CCCCC2)ccc1[N+](=O)[O-]. The molecule has 1 aromatic rings. The van der Waals surface area contributed by atoms with Crippen molar-refractivity contribution in [2.75, 3.05) is 18.5 Å². The van der Waals surface area contributed by atoms with Gasteiger partial charge in [-0.25, -0.2) is 4.79 Å². The molecule has 1 fully saturated rings. The first-order valence-electron chi connectivity index (χ1n) is 8.48. The lowest BCUT2D eigenvalue weighted by Crippen LogP contribution is -2.30. The first-order chi connectivity index (χ1) is 11.6. The zero-order valence-corrected chi connectivity index (χ0v) is 14.0. The highest BCUT2D eigenvalue weighted by Gasteiger charge is 2.13. The third-order valence-corrected chi connectivity index (χ3v) is 4.16. The number of aryl methyl sites for hydroxylation is 1. The summed E-state index contributed by atoms with van der Waals surface area (Å²) in [7, 11) is 0. The summed E-state index contributed by atoms with van der Waals surface area (Å²) in [5.41, 5.74) is 1.09. The Balaban J connectivity index is 1.64. The van der Waals surface area contributed by atoms with E-state index in [1.807, 2.05) is 0 Å². The predicted molar refractivity (Wildman–Crippen MR) is 92.3 cm³/mol. The molecule has 1 aromatic carbocycles. The summed E-state index contributed by atoms with van der Waals surface area (Å²) in [6.45, 7) is 2.83. The fourth-order valence-electron chi connectivity index (χ4n) is 2.87. The molecule has 1 aliphatic rings. The number of urea groups is 1. The molecule has 2 rings (SSSR count). The van der Waals surface area contributed by atoms with Crippen molar-refractivity contribution in [3.8, 4) is 0 Å². The van der Waals surface area contributed by atoms with E-state index in [1.54, 1.807) is 13.0 Å². The first kappa shape index (κ1) is 18.2. The fraction of sp³-hybridized carbons (Fsp3) is 0.588. The summed E-state index contributed by atoms with van der Waals surface area (Å²) in [5.74, 6) is 0. The van der Waals surface area contributed by atoms with Gasteiger partial charge in [0.2, 0.25) is 0 Å². The second-order valence-electron chi connectivity index (χ2n) is 6.12. The van der Waals surface area contributed by atoms with Crippen LogP contribution in [0.4, 0.5) is 16.2 Å². The van der Waals surface area contributed by atoms with Crippen LogP contribution in [0.3, 0.4) is 0 Å². The highest BCUT2D eigenvalue weighted by Crippen LogP contribution is 2.21. The van der Waals surface area contributed by atoms with Crippen molar-refractivity contribution in [2.45, 2.75) is 51.6 Å². The van der Waals surface area contributed by atoms with E-state index in [9.17, 15) is 14.9 Å². The van der Waals surface area contributed by atoms with Crippen molar-refractivity contribution in [1.29, 1.82) is 0 Å². The Morgan fingerprint density at radius 2 is 2.08 bits per heavy atom. The molecule has 1 saturated carbocycles. The predicted octanol–water partition coefficient (Wildman–Crippen LogP) is 3.76. The number of nitro groups is 1. The molecular weight excluding hydrogens is 310 g/mol. The molecule has 2 N–H and O–H groups in total. The Morgan fingerprint density at radius 1 is 1.33 bits per heavy atom. The lowest BCUT2D eigenvalue weighted by molar-refractivity contribution is -0.385. The number of hydrogen-bond donors (Lipinski definition) is 2. The van der Waals surface area contributed by atoms with Crippen LogP contribution in [0.25, 0.3) is 0 Å². The van der Waals surface area contributed by atoms with Gasteiger partial charge in [-0.1, -0.05) is 19.3 Å². The Bertz CT molecular complexity index is 571. The smallest absolute Gasteiger partial charge is 0.319 e. The van der Waals surface area contributed by atoms with Crippen LogP contribution in [0.5, 0.6) is 0 Å². The maximum Gasteiger partial charge on any atom is 0.319 e. The van der Waals surface area contributed by atoms with E-state index in [1.165, 1.54) is 31.4 Å². The number of nitrogens with one attached hydrogen (secondary N) is 2. The quantitative estimate of drug-likeness (QED) is 0.450. The molecule has 0 aromatic heterocycles. The molecule has 0 atom stereocenters. The van der Waals surface area contributed by atoms with Gasteiger partial charge in [-0.3, -0.25) is 10.1 Å². The molecule has 0 spiro atoms. The number of hydrogen-bond acceptors (Lipinski definition) is 4. The first-order valence-corrected chi connectivity index (χ1v) is 8.48. The van der Waals surface area contributed by atoms with E-state index in [2.05, 4.69) is 10.6 Å². The molecule has 7 heteroatoms. The lowest BCUT2D eigenvalue weighted by Gasteiger charge is -2.21. The van der Waals surface area contributed by atoms with E-state index in [-0.39, 0.29) is 11.7 Å². The molecule has 1 aliphatic carbocycles. The van der Waals surface area contributed by atoms with E-state index >= 15 is 0 Å². The average Bonchev–Trinajstić information content (AvgIpc) is 2.55. The highest BCUT2D eigenvalue weighted by molar-refractivity contribution is 5.89. The number of nitrogens with zero attached hydrogens (tertiary/aromatic N) is 1. The highest BCUT2D eigenvalue weighted by atomic mass is 16.6.